The number of carbonyl (C=O) groups is 1. The van der Waals surface area contributed by atoms with E-state index in [1.165, 1.54) is 6.07 Å². The monoisotopic (exact) mass is 351 g/mol. The molecule has 0 fully saturated rings. The van der Waals surface area contributed by atoms with Crippen LogP contribution >= 0.6 is 0 Å². The zero-order valence-electron chi connectivity index (χ0n) is 15.0. The van der Waals surface area contributed by atoms with Gasteiger partial charge in [-0.3, -0.25) is 4.79 Å². The van der Waals surface area contributed by atoms with Crippen LogP contribution in [0.1, 0.15) is 26.3 Å². The molecule has 6 heteroatoms. The van der Waals surface area contributed by atoms with Crippen LogP contribution in [-0.2, 0) is 11.3 Å². The summed E-state index contributed by atoms with van der Waals surface area (Å²) in [5.74, 6) is 0. The first kappa shape index (κ1) is 17.7. The SMILES string of the molecule is CC(C)(C)OC(=O)NCc1cccc(-c2ccnc3[nH]c(=O)ccc23)c1. The number of hydrogen-bond donors (Lipinski definition) is 2. The molecule has 0 aliphatic heterocycles. The molecular weight excluding hydrogens is 330 g/mol. The molecule has 0 aliphatic rings. The summed E-state index contributed by atoms with van der Waals surface area (Å²) < 4.78 is 5.25. The van der Waals surface area contributed by atoms with Crippen LogP contribution in [0.25, 0.3) is 22.2 Å². The summed E-state index contributed by atoms with van der Waals surface area (Å²) in [6.45, 7) is 5.84. The van der Waals surface area contributed by atoms with Gasteiger partial charge in [0.1, 0.15) is 11.2 Å². The van der Waals surface area contributed by atoms with Crippen molar-refractivity contribution in [3.8, 4) is 11.1 Å². The summed E-state index contributed by atoms with van der Waals surface area (Å²) in [5.41, 5.74) is 2.73. The van der Waals surface area contributed by atoms with Crippen molar-refractivity contribution in [2.45, 2.75) is 32.9 Å². The van der Waals surface area contributed by atoms with Gasteiger partial charge in [-0.1, -0.05) is 18.2 Å². The lowest BCUT2D eigenvalue weighted by molar-refractivity contribution is 0.0523. The third kappa shape index (κ3) is 4.27. The Morgan fingerprint density at radius 1 is 1.19 bits per heavy atom. The fraction of sp³-hybridized carbons (Fsp3) is 0.250. The van der Waals surface area contributed by atoms with Crippen molar-refractivity contribution in [2.75, 3.05) is 0 Å². The number of alkyl carbamates (subject to hydrolysis) is 1. The van der Waals surface area contributed by atoms with E-state index in [1.807, 2.05) is 51.1 Å². The highest BCUT2D eigenvalue weighted by Crippen LogP contribution is 2.26. The molecule has 1 amide bonds. The Bertz CT molecular complexity index is 1000. The van der Waals surface area contributed by atoms with Crippen molar-refractivity contribution in [3.05, 3.63) is 64.6 Å². The Morgan fingerprint density at radius 3 is 2.77 bits per heavy atom. The number of benzene rings is 1. The average Bonchev–Trinajstić information content (AvgIpc) is 2.58. The highest BCUT2D eigenvalue weighted by atomic mass is 16.6. The number of nitrogens with one attached hydrogen (secondary N) is 2. The van der Waals surface area contributed by atoms with Crippen molar-refractivity contribution in [2.24, 2.45) is 0 Å². The largest absolute Gasteiger partial charge is 0.444 e. The lowest BCUT2D eigenvalue weighted by Gasteiger charge is -2.19. The molecule has 2 aromatic heterocycles. The maximum absolute atomic E-state index is 11.8. The van der Waals surface area contributed by atoms with E-state index in [4.69, 9.17) is 4.74 Å². The van der Waals surface area contributed by atoms with Crippen LogP contribution in [0.4, 0.5) is 4.79 Å². The number of nitrogens with zero attached hydrogens (tertiary/aromatic N) is 1. The molecule has 134 valence electrons. The first-order chi connectivity index (χ1) is 12.3. The van der Waals surface area contributed by atoms with Crippen LogP contribution in [0.3, 0.4) is 0 Å². The maximum atomic E-state index is 11.8. The molecule has 6 nitrogen and oxygen atoms in total. The van der Waals surface area contributed by atoms with Gasteiger partial charge < -0.3 is 15.0 Å². The van der Waals surface area contributed by atoms with Gasteiger partial charge in [-0.2, -0.15) is 0 Å². The number of aromatic amines is 1. The Balaban J connectivity index is 1.84. The van der Waals surface area contributed by atoms with E-state index in [0.717, 1.165) is 22.1 Å². The second kappa shape index (κ2) is 7.00. The van der Waals surface area contributed by atoms with E-state index in [9.17, 15) is 9.59 Å². The highest BCUT2D eigenvalue weighted by Gasteiger charge is 2.15. The fourth-order valence-corrected chi connectivity index (χ4v) is 2.65. The molecule has 2 heterocycles. The fourth-order valence-electron chi connectivity index (χ4n) is 2.65. The molecule has 0 saturated carbocycles. The lowest BCUT2D eigenvalue weighted by Crippen LogP contribution is -2.32. The molecule has 0 saturated heterocycles. The number of fused-ring (bicyclic) bond motifs is 1. The van der Waals surface area contributed by atoms with Crippen molar-refractivity contribution in [1.82, 2.24) is 15.3 Å². The molecule has 0 spiro atoms. The topological polar surface area (TPSA) is 84.1 Å². The second-order valence-corrected chi connectivity index (χ2v) is 7.00. The zero-order valence-corrected chi connectivity index (χ0v) is 15.0. The minimum atomic E-state index is -0.529. The second-order valence-electron chi connectivity index (χ2n) is 7.00. The van der Waals surface area contributed by atoms with Crippen molar-refractivity contribution < 1.29 is 9.53 Å². The molecule has 2 N–H and O–H groups in total. The van der Waals surface area contributed by atoms with Crippen molar-refractivity contribution in [1.29, 1.82) is 0 Å². The van der Waals surface area contributed by atoms with Gasteiger partial charge in [0.15, 0.2) is 0 Å². The summed E-state index contributed by atoms with van der Waals surface area (Å²) in [6, 6.07) is 13.0. The first-order valence-electron chi connectivity index (χ1n) is 8.36. The minimum absolute atomic E-state index is 0.183. The quantitative estimate of drug-likeness (QED) is 0.755. The molecular formula is C20H21N3O3. The van der Waals surface area contributed by atoms with Crippen LogP contribution in [0.5, 0.6) is 0 Å². The standard InChI is InChI=1S/C20H21N3O3/c1-20(2,3)26-19(25)22-12-13-5-4-6-14(11-13)15-9-10-21-18-16(15)7-8-17(24)23-18/h4-11H,12H2,1-3H3,(H,22,25)(H,21,23,24). The van der Waals surface area contributed by atoms with Gasteiger partial charge in [0.2, 0.25) is 5.56 Å². The molecule has 0 bridgehead atoms. The van der Waals surface area contributed by atoms with E-state index in [2.05, 4.69) is 15.3 Å². The Morgan fingerprint density at radius 2 is 2.00 bits per heavy atom. The number of carbonyl (C=O) groups excluding carboxylic acids is 1. The number of H-pyrrole nitrogens is 1. The van der Waals surface area contributed by atoms with Gasteiger partial charge in [0.25, 0.3) is 0 Å². The number of pyridine rings is 2. The van der Waals surface area contributed by atoms with E-state index >= 15 is 0 Å². The predicted octanol–water partition coefficient (Wildman–Crippen LogP) is 3.61. The van der Waals surface area contributed by atoms with Gasteiger partial charge in [-0.25, -0.2) is 9.78 Å². The maximum Gasteiger partial charge on any atom is 0.407 e. The predicted molar refractivity (Wildman–Crippen MR) is 101 cm³/mol. The van der Waals surface area contributed by atoms with Crippen LogP contribution in [-0.4, -0.2) is 21.7 Å². The first-order valence-corrected chi connectivity index (χ1v) is 8.36. The summed E-state index contributed by atoms with van der Waals surface area (Å²) in [6.07, 6.45) is 1.22. The van der Waals surface area contributed by atoms with Crippen LogP contribution in [0.2, 0.25) is 0 Å². The van der Waals surface area contributed by atoms with Crippen molar-refractivity contribution >= 4 is 17.1 Å². The minimum Gasteiger partial charge on any atom is -0.444 e. The summed E-state index contributed by atoms with van der Waals surface area (Å²) in [7, 11) is 0. The van der Waals surface area contributed by atoms with Gasteiger partial charge >= 0.3 is 6.09 Å². The molecule has 0 radical (unpaired) electrons. The molecule has 3 aromatic rings. The molecule has 0 unspecified atom stereocenters. The number of ether oxygens (including phenoxy) is 1. The average molecular weight is 351 g/mol. The Kier molecular flexibility index (Phi) is 4.75. The molecule has 26 heavy (non-hydrogen) atoms. The zero-order chi connectivity index (χ0) is 18.7. The number of amides is 1. The Labute approximate surface area is 151 Å². The van der Waals surface area contributed by atoms with Crippen molar-refractivity contribution in [3.63, 3.8) is 0 Å². The smallest absolute Gasteiger partial charge is 0.407 e. The molecule has 0 aliphatic carbocycles. The van der Waals surface area contributed by atoms with E-state index < -0.39 is 11.7 Å². The van der Waals surface area contributed by atoms with Crippen LogP contribution in [0.15, 0.2) is 53.5 Å². The number of hydrogen-bond acceptors (Lipinski definition) is 4. The third-order valence-electron chi connectivity index (χ3n) is 3.71. The summed E-state index contributed by atoms with van der Waals surface area (Å²) >= 11 is 0. The molecule has 0 atom stereocenters. The molecule has 1 aromatic carbocycles. The van der Waals surface area contributed by atoms with Gasteiger partial charge in [0, 0.05) is 24.2 Å². The van der Waals surface area contributed by atoms with Crippen LogP contribution in [0, 0.1) is 0 Å². The van der Waals surface area contributed by atoms with Gasteiger partial charge in [-0.05, 0) is 55.7 Å². The van der Waals surface area contributed by atoms with Gasteiger partial charge in [0.05, 0.1) is 0 Å². The normalized spacial score (nSPS) is 11.3. The molecule has 3 rings (SSSR count). The highest BCUT2D eigenvalue weighted by molar-refractivity contribution is 5.92. The third-order valence-corrected chi connectivity index (χ3v) is 3.71. The number of aromatic nitrogens is 2. The van der Waals surface area contributed by atoms with E-state index in [1.54, 1.807) is 12.3 Å². The number of rotatable bonds is 3. The lowest BCUT2D eigenvalue weighted by atomic mass is 10.0. The Hall–Kier alpha value is -3.15. The summed E-state index contributed by atoms with van der Waals surface area (Å²) in [5, 5.41) is 3.62. The van der Waals surface area contributed by atoms with E-state index in [-0.39, 0.29) is 5.56 Å². The summed E-state index contributed by atoms with van der Waals surface area (Å²) in [4.78, 5) is 30.3. The van der Waals surface area contributed by atoms with Gasteiger partial charge in [-0.15, -0.1) is 0 Å². The van der Waals surface area contributed by atoms with E-state index in [0.29, 0.717) is 12.2 Å². The van der Waals surface area contributed by atoms with Crippen LogP contribution < -0.4 is 10.9 Å².